The Kier molecular flexibility index (Phi) is 4.44. The number of benzene rings is 1. The van der Waals surface area contributed by atoms with Crippen LogP contribution in [0.2, 0.25) is 0 Å². The summed E-state index contributed by atoms with van der Waals surface area (Å²) in [7, 11) is 0. The highest BCUT2D eigenvalue weighted by atomic mass is 32.1. The number of rotatable bonds is 3. The van der Waals surface area contributed by atoms with Gasteiger partial charge in [0.05, 0.1) is 16.7 Å². The Morgan fingerprint density at radius 1 is 1.33 bits per heavy atom. The van der Waals surface area contributed by atoms with E-state index < -0.39 is 12.1 Å². The zero-order valence-corrected chi connectivity index (χ0v) is 12.8. The highest BCUT2D eigenvalue weighted by molar-refractivity contribution is 7.16. The van der Waals surface area contributed by atoms with Gasteiger partial charge in [-0.2, -0.15) is 0 Å². The van der Waals surface area contributed by atoms with E-state index in [2.05, 4.69) is 15.6 Å². The number of anilines is 2. The van der Waals surface area contributed by atoms with Crippen LogP contribution in [0.3, 0.4) is 0 Å². The van der Waals surface area contributed by atoms with E-state index in [9.17, 15) is 15.0 Å². The minimum Gasteiger partial charge on any atom is -0.508 e. The maximum Gasteiger partial charge on any atom is 0.325 e. The van der Waals surface area contributed by atoms with Gasteiger partial charge in [-0.1, -0.05) is 17.4 Å². The lowest BCUT2D eigenvalue weighted by molar-refractivity contribution is 0.202. The van der Waals surface area contributed by atoms with Gasteiger partial charge in [0, 0.05) is 11.8 Å². The number of aliphatic hydroxyl groups excluding tert-OH is 1. The molecule has 2 aromatic rings. The molecule has 1 unspecified atom stereocenters. The summed E-state index contributed by atoms with van der Waals surface area (Å²) in [6.07, 6.45) is -0.616. The van der Waals surface area contributed by atoms with Crippen molar-refractivity contribution in [3.05, 3.63) is 34.3 Å². The molecule has 6 nitrogen and oxygen atoms in total. The Morgan fingerprint density at radius 2 is 2.05 bits per heavy atom. The molecule has 0 aliphatic carbocycles. The number of nitrogens with one attached hydrogen (secondary N) is 2. The van der Waals surface area contributed by atoms with E-state index in [4.69, 9.17) is 0 Å². The number of phenolic OH excluding ortho intramolecular Hbond substituents is 1. The molecule has 1 heterocycles. The average molecular weight is 307 g/mol. The Morgan fingerprint density at radius 3 is 2.67 bits per heavy atom. The molecule has 112 valence electrons. The second-order valence-electron chi connectivity index (χ2n) is 4.72. The van der Waals surface area contributed by atoms with E-state index >= 15 is 0 Å². The number of phenols is 1. The Labute approximate surface area is 126 Å². The van der Waals surface area contributed by atoms with E-state index in [1.54, 1.807) is 26.0 Å². The van der Waals surface area contributed by atoms with E-state index in [1.807, 2.05) is 6.92 Å². The largest absolute Gasteiger partial charge is 0.508 e. The van der Waals surface area contributed by atoms with E-state index in [-0.39, 0.29) is 5.75 Å². The van der Waals surface area contributed by atoms with Crippen LogP contribution in [0.15, 0.2) is 18.2 Å². The van der Waals surface area contributed by atoms with Gasteiger partial charge in [0.25, 0.3) is 0 Å². The molecular formula is C14H17N3O3S. The predicted molar refractivity (Wildman–Crippen MR) is 83.0 cm³/mol. The number of carbonyl (C=O) groups is 1. The fraction of sp³-hybridized carbons (Fsp3) is 0.286. The standard InChI is InChI=1S/C14H17N3O3S/c1-7-4-5-10(19)6-11(7)16-13(20)17-14-15-8(2)12(21-14)9(3)18/h4-6,9,18-19H,1-3H3,(H2,15,16,17,20). The molecule has 0 aliphatic heterocycles. The van der Waals surface area contributed by atoms with Crippen molar-refractivity contribution in [2.45, 2.75) is 26.9 Å². The molecule has 0 bridgehead atoms. The smallest absolute Gasteiger partial charge is 0.325 e. The summed E-state index contributed by atoms with van der Waals surface area (Å²) < 4.78 is 0. The first-order chi connectivity index (χ1) is 9.86. The van der Waals surface area contributed by atoms with Crippen LogP contribution in [0, 0.1) is 13.8 Å². The van der Waals surface area contributed by atoms with Crippen LogP contribution >= 0.6 is 11.3 Å². The summed E-state index contributed by atoms with van der Waals surface area (Å²) >= 11 is 1.23. The van der Waals surface area contributed by atoms with Gasteiger partial charge < -0.3 is 15.5 Å². The molecule has 0 fully saturated rings. The summed E-state index contributed by atoms with van der Waals surface area (Å²) in [6.45, 7) is 5.26. The van der Waals surface area contributed by atoms with Crippen molar-refractivity contribution in [2.24, 2.45) is 0 Å². The lowest BCUT2D eigenvalue weighted by Crippen LogP contribution is -2.19. The van der Waals surface area contributed by atoms with Crippen molar-refractivity contribution in [3.63, 3.8) is 0 Å². The molecule has 2 rings (SSSR count). The summed E-state index contributed by atoms with van der Waals surface area (Å²) in [6, 6.07) is 4.29. The number of amides is 2. The van der Waals surface area contributed by atoms with Gasteiger partial charge in [-0.15, -0.1) is 0 Å². The molecule has 2 amide bonds. The van der Waals surface area contributed by atoms with Crippen molar-refractivity contribution in [2.75, 3.05) is 10.6 Å². The first-order valence-corrected chi connectivity index (χ1v) is 7.21. The average Bonchev–Trinajstić information content (AvgIpc) is 2.74. The van der Waals surface area contributed by atoms with Gasteiger partial charge in [0.15, 0.2) is 5.13 Å². The third kappa shape index (κ3) is 3.71. The zero-order valence-electron chi connectivity index (χ0n) is 12.0. The van der Waals surface area contributed by atoms with Crippen LogP contribution in [-0.2, 0) is 0 Å². The number of hydrogen-bond acceptors (Lipinski definition) is 5. The van der Waals surface area contributed by atoms with Crippen LogP contribution < -0.4 is 10.6 Å². The van der Waals surface area contributed by atoms with Crippen LogP contribution in [0.4, 0.5) is 15.6 Å². The highest BCUT2D eigenvalue weighted by Gasteiger charge is 2.14. The van der Waals surface area contributed by atoms with Crippen LogP contribution in [0.25, 0.3) is 0 Å². The summed E-state index contributed by atoms with van der Waals surface area (Å²) in [5, 5.41) is 24.7. The maximum atomic E-state index is 11.9. The second kappa shape index (κ2) is 6.11. The van der Waals surface area contributed by atoms with Crippen molar-refractivity contribution in [1.82, 2.24) is 4.98 Å². The molecule has 0 aliphatic rings. The second-order valence-corrected chi connectivity index (χ2v) is 5.75. The molecule has 1 atom stereocenters. The molecule has 1 aromatic heterocycles. The number of thiazole rings is 1. The van der Waals surface area contributed by atoms with Crippen molar-refractivity contribution < 1.29 is 15.0 Å². The van der Waals surface area contributed by atoms with Crippen LogP contribution in [-0.4, -0.2) is 21.2 Å². The fourth-order valence-electron chi connectivity index (χ4n) is 1.84. The van der Waals surface area contributed by atoms with E-state index in [1.165, 1.54) is 17.4 Å². The van der Waals surface area contributed by atoms with Crippen molar-refractivity contribution in [3.8, 4) is 5.75 Å². The van der Waals surface area contributed by atoms with Gasteiger partial charge in [0.2, 0.25) is 0 Å². The van der Waals surface area contributed by atoms with E-state index in [0.717, 1.165) is 10.4 Å². The van der Waals surface area contributed by atoms with Crippen LogP contribution in [0.1, 0.15) is 29.2 Å². The number of aromatic nitrogens is 1. The predicted octanol–water partition coefficient (Wildman–Crippen LogP) is 3.16. The molecule has 0 saturated heterocycles. The SMILES string of the molecule is Cc1ccc(O)cc1NC(=O)Nc1nc(C)c(C(C)O)s1. The highest BCUT2D eigenvalue weighted by Crippen LogP contribution is 2.28. The maximum absolute atomic E-state index is 11.9. The molecule has 21 heavy (non-hydrogen) atoms. The molecule has 0 saturated carbocycles. The monoisotopic (exact) mass is 307 g/mol. The van der Waals surface area contributed by atoms with Gasteiger partial charge in [-0.25, -0.2) is 9.78 Å². The first kappa shape index (κ1) is 15.3. The number of aryl methyl sites for hydroxylation is 2. The van der Waals surface area contributed by atoms with Gasteiger partial charge in [-0.3, -0.25) is 5.32 Å². The summed E-state index contributed by atoms with van der Waals surface area (Å²) in [5.74, 6) is 0.0809. The lowest BCUT2D eigenvalue weighted by atomic mass is 10.2. The van der Waals surface area contributed by atoms with Gasteiger partial charge >= 0.3 is 6.03 Å². The molecular weight excluding hydrogens is 290 g/mol. The zero-order chi connectivity index (χ0) is 15.6. The quantitative estimate of drug-likeness (QED) is 0.700. The Balaban J connectivity index is 2.08. The number of urea groups is 1. The third-order valence-corrected chi connectivity index (χ3v) is 4.14. The number of aromatic hydroxyl groups is 1. The number of hydrogen-bond donors (Lipinski definition) is 4. The molecule has 4 N–H and O–H groups in total. The third-order valence-electron chi connectivity index (χ3n) is 2.90. The molecule has 0 radical (unpaired) electrons. The van der Waals surface area contributed by atoms with Crippen LogP contribution in [0.5, 0.6) is 5.75 Å². The number of nitrogens with zero attached hydrogens (tertiary/aromatic N) is 1. The Bertz CT molecular complexity index is 667. The lowest BCUT2D eigenvalue weighted by Gasteiger charge is -2.08. The minimum atomic E-state index is -0.616. The minimum absolute atomic E-state index is 0.0809. The number of carbonyl (C=O) groups excluding carboxylic acids is 1. The normalized spacial score (nSPS) is 12.0. The van der Waals surface area contributed by atoms with Crippen molar-refractivity contribution in [1.29, 1.82) is 0 Å². The number of aliphatic hydroxyl groups is 1. The molecule has 1 aromatic carbocycles. The molecule has 0 spiro atoms. The summed E-state index contributed by atoms with van der Waals surface area (Å²) in [4.78, 5) is 16.8. The topological polar surface area (TPSA) is 94.5 Å². The van der Waals surface area contributed by atoms with E-state index in [0.29, 0.717) is 16.5 Å². The van der Waals surface area contributed by atoms with Crippen molar-refractivity contribution >= 4 is 28.2 Å². The fourth-order valence-corrected chi connectivity index (χ4v) is 2.74. The molecule has 7 heteroatoms. The van der Waals surface area contributed by atoms with Gasteiger partial charge in [0.1, 0.15) is 5.75 Å². The van der Waals surface area contributed by atoms with Gasteiger partial charge in [-0.05, 0) is 32.4 Å². The first-order valence-electron chi connectivity index (χ1n) is 6.40. The summed E-state index contributed by atoms with van der Waals surface area (Å²) in [5.41, 5.74) is 2.05. The Hall–Kier alpha value is -2.12.